The molecule has 0 spiro atoms. The van der Waals surface area contributed by atoms with Crippen molar-refractivity contribution >= 4 is 17.6 Å². The molecule has 5 nitrogen and oxygen atoms in total. The molecule has 5 heteroatoms. The van der Waals surface area contributed by atoms with Crippen LogP contribution in [0, 0.1) is 0 Å². The fourth-order valence-electron chi connectivity index (χ4n) is 3.59. The van der Waals surface area contributed by atoms with E-state index in [0.717, 1.165) is 12.8 Å². The van der Waals surface area contributed by atoms with Crippen LogP contribution in [0.4, 0.5) is 5.69 Å². The van der Waals surface area contributed by atoms with Gasteiger partial charge in [-0.05, 0) is 43.4 Å². The average molecular weight is 400 g/mol. The van der Waals surface area contributed by atoms with Crippen LogP contribution < -0.4 is 5.73 Å². The Bertz CT molecular complexity index is 744. The molecule has 0 bridgehead atoms. The summed E-state index contributed by atoms with van der Waals surface area (Å²) in [6.07, 6.45) is 8.38. The molecule has 0 aromatic heterocycles. The Morgan fingerprint density at radius 1 is 0.759 bits per heavy atom. The SMILES string of the molecule is CCCCCCCCc1ccc2c(C(=O)OCC)c(N)c(C(=O)OCC)c-2cc1. The molecule has 0 atom stereocenters. The van der Waals surface area contributed by atoms with E-state index in [-0.39, 0.29) is 30.0 Å². The van der Waals surface area contributed by atoms with Crippen molar-refractivity contribution in [2.24, 2.45) is 0 Å². The summed E-state index contributed by atoms with van der Waals surface area (Å²) in [4.78, 5) is 25.0. The first kappa shape index (κ1) is 22.7. The van der Waals surface area contributed by atoms with Crippen LogP contribution in [0.25, 0.3) is 11.1 Å². The first-order chi connectivity index (χ1) is 14.0. The first-order valence-electron chi connectivity index (χ1n) is 10.7. The smallest absolute Gasteiger partial charge is 0.340 e. The van der Waals surface area contributed by atoms with Gasteiger partial charge in [-0.25, -0.2) is 9.59 Å². The van der Waals surface area contributed by atoms with Crippen LogP contribution in [-0.2, 0) is 15.9 Å². The van der Waals surface area contributed by atoms with E-state index in [9.17, 15) is 9.59 Å². The Hall–Kier alpha value is -2.56. The molecule has 2 aliphatic carbocycles. The molecule has 0 aliphatic heterocycles. The van der Waals surface area contributed by atoms with Crippen LogP contribution in [0.1, 0.15) is 85.6 Å². The number of rotatable bonds is 11. The highest BCUT2D eigenvalue weighted by Crippen LogP contribution is 2.39. The zero-order valence-electron chi connectivity index (χ0n) is 17.9. The number of hydrogen-bond donors (Lipinski definition) is 1. The lowest BCUT2D eigenvalue weighted by molar-refractivity contribution is 0.0525. The second-order valence-electron chi connectivity index (χ2n) is 7.19. The van der Waals surface area contributed by atoms with Crippen LogP contribution in [0.3, 0.4) is 0 Å². The Kier molecular flexibility index (Phi) is 8.97. The molecule has 0 saturated carbocycles. The van der Waals surface area contributed by atoms with Gasteiger partial charge in [0.2, 0.25) is 0 Å². The van der Waals surface area contributed by atoms with Gasteiger partial charge in [0.05, 0.1) is 30.0 Å². The summed E-state index contributed by atoms with van der Waals surface area (Å²) < 4.78 is 10.3. The van der Waals surface area contributed by atoms with Crippen molar-refractivity contribution in [3.63, 3.8) is 0 Å². The van der Waals surface area contributed by atoms with Gasteiger partial charge in [0, 0.05) is 0 Å². The number of unbranched alkanes of at least 4 members (excludes halogenated alkanes) is 5. The number of carbonyl (C=O) groups is 2. The zero-order chi connectivity index (χ0) is 21.2. The lowest BCUT2D eigenvalue weighted by Crippen LogP contribution is -2.09. The van der Waals surface area contributed by atoms with Crippen LogP contribution in [0.2, 0.25) is 0 Å². The standard InChI is InChI=1S/C24H33NO4/c1-4-7-8-9-10-11-12-17-13-15-18-19(16-14-17)21(24(27)29-6-3)22(25)20(18)23(26)28-5-2/h13-16H,4-12,25H2,1-3H3. The fraction of sp³-hybridized carbons (Fsp3) is 0.500. The van der Waals surface area contributed by atoms with Gasteiger partial charge in [-0.2, -0.15) is 0 Å². The number of fused-ring (bicyclic) bond motifs is 1. The van der Waals surface area contributed by atoms with Gasteiger partial charge < -0.3 is 15.2 Å². The average Bonchev–Trinajstić information content (AvgIpc) is 2.82. The normalized spacial score (nSPS) is 10.9. The highest BCUT2D eigenvalue weighted by Gasteiger charge is 2.30. The summed E-state index contributed by atoms with van der Waals surface area (Å²) in [6.45, 7) is 6.18. The quantitative estimate of drug-likeness (QED) is 0.391. The molecule has 0 unspecified atom stereocenters. The summed E-state index contributed by atoms with van der Waals surface area (Å²) in [6, 6.07) is 7.75. The van der Waals surface area contributed by atoms with Crippen LogP contribution >= 0.6 is 0 Å². The van der Waals surface area contributed by atoms with E-state index in [0.29, 0.717) is 11.1 Å². The Balaban J connectivity index is 2.33. The van der Waals surface area contributed by atoms with Gasteiger partial charge >= 0.3 is 11.9 Å². The number of aryl methyl sites for hydroxylation is 1. The third kappa shape index (κ3) is 5.72. The monoisotopic (exact) mass is 399 g/mol. The van der Waals surface area contributed by atoms with Gasteiger partial charge in [-0.15, -0.1) is 0 Å². The number of hydrogen-bond acceptors (Lipinski definition) is 5. The minimum absolute atomic E-state index is 0.126. The molecule has 0 radical (unpaired) electrons. The van der Waals surface area contributed by atoms with E-state index in [1.807, 2.05) is 24.3 Å². The van der Waals surface area contributed by atoms with Gasteiger partial charge in [0.1, 0.15) is 0 Å². The molecule has 0 fully saturated rings. The van der Waals surface area contributed by atoms with Crippen molar-refractivity contribution in [1.29, 1.82) is 0 Å². The van der Waals surface area contributed by atoms with Crippen molar-refractivity contribution in [3.8, 4) is 11.1 Å². The van der Waals surface area contributed by atoms with E-state index in [4.69, 9.17) is 15.2 Å². The Morgan fingerprint density at radius 2 is 1.24 bits per heavy atom. The molecular weight excluding hydrogens is 366 g/mol. The van der Waals surface area contributed by atoms with E-state index < -0.39 is 11.9 Å². The topological polar surface area (TPSA) is 78.6 Å². The maximum Gasteiger partial charge on any atom is 0.340 e. The highest BCUT2D eigenvalue weighted by atomic mass is 16.5. The molecule has 2 N–H and O–H groups in total. The van der Waals surface area contributed by atoms with Gasteiger partial charge in [-0.3, -0.25) is 0 Å². The Labute approximate surface area is 173 Å². The van der Waals surface area contributed by atoms with Crippen molar-refractivity contribution in [2.45, 2.75) is 65.7 Å². The van der Waals surface area contributed by atoms with Crippen molar-refractivity contribution in [2.75, 3.05) is 18.9 Å². The number of ether oxygens (including phenoxy) is 2. The molecule has 0 heterocycles. The van der Waals surface area contributed by atoms with E-state index >= 15 is 0 Å². The number of esters is 2. The number of nitrogen functional groups attached to an aromatic ring is 1. The molecule has 0 amide bonds. The van der Waals surface area contributed by atoms with Crippen molar-refractivity contribution in [3.05, 3.63) is 41.0 Å². The number of carbonyl (C=O) groups excluding carboxylic acids is 2. The summed E-state index contributed by atoms with van der Waals surface area (Å²) in [5.74, 6) is -1.04. The maximum atomic E-state index is 12.5. The largest absolute Gasteiger partial charge is 0.462 e. The van der Waals surface area contributed by atoms with Gasteiger partial charge in [0.15, 0.2) is 0 Å². The van der Waals surface area contributed by atoms with Gasteiger partial charge in [-0.1, -0.05) is 63.3 Å². The first-order valence-corrected chi connectivity index (χ1v) is 10.7. The van der Waals surface area contributed by atoms with Crippen LogP contribution in [0.15, 0.2) is 24.3 Å². The molecule has 0 aromatic carbocycles. The highest BCUT2D eigenvalue weighted by molar-refractivity contribution is 6.15. The Morgan fingerprint density at radius 3 is 1.72 bits per heavy atom. The molecule has 0 saturated heterocycles. The minimum atomic E-state index is -0.519. The molecule has 2 aliphatic rings. The third-order valence-corrected chi connectivity index (χ3v) is 5.07. The van der Waals surface area contributed by atoms with Crippen molar-refractivity contribution in [1.82, 2.24) is 0 Å². The fourth-order valence-corrected chi connectivity index (χ4v) is 3.59. The minimum Gasteiger partial charge on any atom is -0.462 e. The summed E-state index contributed by atoms with van der Waals surface area (Å²) in [5, 5.41) is 0. The molecular formula is C24H33NO4. The predicted octanol–water partition coefficient (Wildman–Crippen LogP) is 5.63. The molecule has 0 aromatic rings. The predicted molar refractivity (Wildman–Crippen MR) is 116 cm³/mol. The lowest BCUT2D eigenvalue weighted by Gasteiger charge is -2.03. The molecule has 158 valence electrons. The maximum absolute atomic E-state index is 12.5. The molecule has 29 heavy (non-hydrogen) atoms. The van der Waals surface area contributed by atoms with Crippen LogP contribution in [-0.4, -0.2) is 25.2 Å². The lowest BCUT2D eigenvalue weighted by atomic mass is 10.1. The zero-order valence-corrected chi connectivity index (χ0v) is 17.9. The second-order valence-corrected chi connectivity index (χ2v) is 7.19. The molecule has 2 rings (SSSR count). The summed E-state index contributed by atoms with van der Waals surface area (Å²) in [7, 11) is 0. The summed E-state index contributed by atoms with van der Waals surface area (Å²) in [5.41, 5.74) is 9.22. The van der Waals surface area contributed by atoms with E-state index in [1.165, 1.54) is 37.7 Å². The number of anilines is 1. The number of nitrogens with two attached hydrogens (primary N) is 1. The summed E-state index contributed by atoms with van der Waals surface area (Å²) >= 11 is 0. The van der Waals surface area contributed by atoms with Crippen molar-refractivity contribution < 1.29 is 19.1 Å². The van der Waals surface area contributed by atoms with Crippen LogP contribution in [0.5, 0.6) is 0 Å². The second kappa shape index (κ2) is 11.4. The third-order valence-electron chi connectivity index (χ3n) is 5.07. The van der Waals surface area contributed by atoms with E-state index in [2.05, 4.69) is 6.92 Å². The van der Waals surface area contributed by atoms with Gasteiger partial charge in [0.25, 0.3) is 0 Å². The van der Waals surface area contributed by atoms with E-state index in [1.54, 1.807) is 13.8 Å².